The Morgan fingerprint density at radius 2 is 0.880 bits per heavy atom. The van der Waals surface area contributed by atoms with Gasteiger partial charge in [-0.2, -0.15) is 0 Å². The van der Waals surface area contributed by atoms with Gasteiger partial charge in [0.25, 0.3) is 0 Å². The zero-order valence-corrected chi connectivity index (χ0v) is 27.4. The topological polar surface area (TPSA) is 49.6 Å². The van der Waals surface area contributed by atoms with Crippen molar-refractivity contribution >= 4 is 22.8 Å². The predicted octanol–water partition coefficient (Wildman–Crippen LogP) is 10.3. The molecule has 0 spiro atoms. The van der Waals surface area contributed by atoms with E-state index in [1.807, 2.05) is 54.9 Å². The van der Waals surface area contributed by atoms with Crippen molar-refractivity contribution in [1.29, 1.82) is 0 Å². The van der Waals surface area contributed by atoms with Crippen molar-refractivity contribution in [2.45, 2.75) is 6.17 Å². The predicted molar refractivity (Wildman–Crippen MR) is 206 cm³/mol. The highest BCUT2D eigenvalue weighted by molar-refractivity contribution is 6.15. The molecule has 4 heteroatoms. The fourth-order valence-corrected chi connectivity index (χ4v) is 6.42. The van der Waals surface area contributed by atoms with Crippen molar-refractivity contribution < 1.29 is 0 Å². The van der Waals surface area contributed by atoms with Gasteiger partial charge in [-0.3, -0.25) is 4.98 Å². The van der Waals surface area contributed by atoms with Crippen molar-refractivity contribution in [1.82, 2.24) is 10.3 Å². The van der Waals surface area contributed by atoms with E-state index in [1.165, 1.54) is 0 Å². The molecule has 1 aliphatic heterocycles. The third-order valence-corrected chi connectivity index (χ3v) is 8.85. The van der Waals surface area contributed by atoms with Crippen LogP contribution in [0.3, 0.4) is 0 Å². The summed E-state index contributed by atoms with van der Waals surface area (Å²) < 4.78 is 0. The van der Waals surface area contributed by atoms with Crippen molar-refractivity contribution in [2.24, 2.45) is 9.98 Å². The molecule has 0 saturated heterocycles. The van der Waals surface area contributed by atoms with Gasteiger partial charge in [-0.1, -0.05) is 170 Å². The smallest absolute Gasteiger partial charge is 0.169 e. The Morgan fingerprint density at radius 3 is 1.42 bits per heavy atom. The molecule has 8 rings (SSSR count). The van der Waals surface area contributed by atoms with Gasteiger partial charge in [0.1, 0.15) is 11.7 Å². The first kappa shape index (κ1) is 30.7. The second-order valence-electron chi connectivity index (χ2n) is 12.1. The molecule has 7 aromatic rings. The Balaban J connectivity index is 1.20. The van der Waals surface area contributed by atoms with E-state index >= 15 is 0 Å². The normalized spacial score (nSPS) is 13.4. The summed E-state index contributed by atoms with van der Waals surface area (Å²) in [5, 5.41) is 3.48. The maximum atomic E-state index is 5.06. The number of hydrogen-bond acceptors (Lipinski definition) is 4. The van der Waals surface area contributed by atoms with Gasteiger partial charge in [0.15, 0.2) is 6.17 Å². The fraction of sp³-hybridized carbons (Fsp3) is 0.0217. The minimum Gasteiger partial charge on any atom is -0.324 e. The van der Waals surface area contributed by atoms with Crippen LogP contribution in [0.15, 0.2) is 204 Å². The molecule has 2 heterocycles. The largest absolute Gasteiger partial charge is 0.324 e. The molecule has 0 bridgehead atoms. The number of amidine groups is 2. The Labute approximate surface area is 292 Å². The number of aliphatic imine (C=N–C) groups is 2. The standard InChI is InChI=1S/C46H34N4/c1-5-15-34(16-6-1)42(43(35-17-7-2-8-18-35)41-25-14-30-47-32-41)40-24-13-23-39(31-40)33-26-28-38(29-27-33)46-49-44(36-19-9-3-10-20-36)48-45(50-46)37-21-11-4-12-22-37/h1-32,46H,(H,48,49,50)/b43-42-. The molecule has 0 saturated carbocycles. The lowest BCUT2D eigenvalue weighted by Gasteiger charge is -2.22. The number of benzene rings is 6. The van der Waals surface area contributed by atoms with Crippen LogP contribution in [0.4, 0.5) is 0 Å². The summed E-state index contributed by atoms with van der Waals surface area (Å²) in [4.78, 5) is 14.6. The van der Waals surface area contributed by atoms with Gasteiger partial charge in [-0.05, 0) is 56.7 Å². The lowest BCUT2D eigenvalue weighted by Crippen LogP contribution is -2.35. The summed E-state index contributed by atoms with van der Waals surface area (Å²) in [6.07, 6.45) is 3.40. The minimum atomic E-state index is -0.373. The van der Waals surface area contributed by atoms with Gasteiger partial charge >= 0.3 is 0 Å². The van der Waals surface area contributed by atoms with Gasteiger partial charge < -0.3 is 5.32 Å². The summed E-state index contributed by atoms with van der Waals surface area (Å²) >= 11 is 0. The van der Waals surface area contributed by atoms with E-state index < -0.39 is 0 Å². The van der Waals surface area contributed by atoms with E-state index in [-0.39, 0.29) is 6.17 Å². The number of rotatable bonds is 8. The van der Waals surface area contributed by atoms with Crippen LogP contribution in [0.5, 0.6) is 0 Å². The summed E-state index contributed by atoms with van der Waals surface area (Å²) in [6.45, 7) is 0. The molecule has 238 valence electrons. The van der Waals surface area contributed by atoms with E-state index in [0.717, 1.165) is 72.9 Å². The molecule has 0 fully saturated rings. The first-order chi connectivity index (χ1) is 24.8. The van der Waals surface area contributed by atoms with Gasteiger partial charge in [0.2, 0.25) is 0 Å². The number of hydrogen-bond donors (Lipinski definition) is 1. The van der Waals surface area contributed by atoms with Crippen LogP contribution >= 0.6 is 0 Å². The van der Waals surface area contributed by atoms with E-state index in [9.17, 15) is 0 Å². The second kappa shape index (κ2) is 14.2. The lowest BCUT2D eigenvalue weighted by atomic mass is 9.85. The molecule has 0 atom stereocenters. The van der Waals surface area contributed by atoms with Gasteiger partial charge in [-0.15, -0.1) is 0 Å². The minimum absolute atomic E-state index is 0.373. The van der Waals surface area contributed by atoms with Crippen LogP contribution in [0.2, 0.25) is 0 Å². The molecular formula is C46H34N4. The van der Waals surface area contributed by atoms with Crippen molar-refractivity contribution in [2.75, 3.05) is 0 Å². The number of aromatic nitrogens is 1. The van der Waals surface area contributed by atoms with Crippen LogP contribution < -0.4 is 5.32 Å². The highest BCUT2D eigenvalue weighted by atomic mass is 15.2. The summed E-state index contributed by atoms with van der Waals surface area (Å²) in [5.74, 6) is 1.62. The average molecular weight is 643 g/mol. The molecule has 0 aliphatic carbocycles. The first-order valence-corrected chi connectivity index (χ1v) is 16.8. The molecule has 6 aromatic carbocycles. The Morgan fingerprint density at radius 1 is 0.400 bits per heavy atom. The van der Waals surface area contributed by atoms with Gasteiger partial charge in [0, 0.05) is 29.1 Å². The molecule has 1 aromatic heterocycles. The summed E-state index contributed by atoms with van der Waals surface area (Å²) in [5.41, 5.74) is 12.1. The van der Waals surface area contributed by atoms with Crippen LogP contribution in [0.25, 0.3) is 22.3 Å². The van der Waals surface area contributed by atoms with E-state index in [0.29, 0.717) is 0 Å². The second-order valence-corrected chi connectivity index (χ2v) is 12.1. The lowest BCUT2D eigenvalue weighted by molar-refractivity contribution is 0.756. The van der Waals surface area contributed by atoms with Gasteiger partial charge in [-0.25, -0.2) is 9.98 Å². The summed E-state index contributed by atoms with van der Waals surface area (Å²) in [7, 11) is 0. The summed E-state index contributed by atoms with van der Waals surface area (Å²) in [6, 6.07) is 63.3. The zero-order valence-electron chi connectivity index (χ0n) is 27.4. The maximum Gasteiger partial charge on any atom is 0.169 e. The molecule has 4 nitrogen and oxygen atoms in total. The molecular weight excluding hydrogens is 609 g/mol. The number of pyridine rings is 1. The molecule has 1 N–H and O–H groups in total. The van der Waals surface area contributed by atoms with Crippen LogP contribution in [-0.2, 0) is 0 Å². The van der Waals surface area contributed by atoms with Crippen molar-refractivity contribution in [3.05, 3.63) is 233 Å². The zero-order chi connectivity index (χ0) is 33.5. The third-order valence-electron chi connectivity index (χ3n) is 8.85. The maximum absolute atomic E-state index is 5.06. The Kier molecular flexibility index (Phi) is 8.72. The number of nitrogens with one attached hydrogen (secondary N) is 1. The molecule has 0 unspecified atom stereocenters. The van der Waals surface area contributed by atoms with Crippen LogP contribution in [0, 0.1) is 0 Å². The van der Waals surface area contributed by atoms with Gasteiger partial charge in [0.05, 0.1) is 0 Å². The Bertz CT molecular complexity index is 2200. The first-order valence-electron chi connectivity index (χ1n) is 16.8. The molecule has 0 amide bonds. The average Bonchev–Trinajstić information content (AvgIpc) is 3.21. The molecule has 50 heavy (non-hydrogen) atoms. The van der Waals surface area contributed by atoms with E-state index in [1.54, 1.807) is 0 Å². The van der Waals surface area contributed by atoms with Crippen molar-refractivity contribution in [3.8, 4) is 11.1 Å². The highest BCUT2D eigenvalue weighted by Gasteiger charge is 2.21. The van der Waals surface area contributed by atoms with Crippen molar-refractivity contribution in [3.63, 3.8) is 0 Å². The quantitative estimate of drug-likeness (QED) is 0.168. The molecule has 0 radical (unpaired) electrons. The van der Waals surface area contributed by atoms with E-state index in [4.69, 9.17) is 9.98 Å². The Hall–Kier alpha value is -6.65. The van der Waals surface area contributed by atoms with E-state index in [2.05, 4.69) is 150 Å². The third kappa shape index (κ3) is 6.55. The SMILES string of the molecule is c1ccc(C2=NC(c3ccc(-c4cccc(/C(=C(/c5ccccc5)c5cccnc5)c5ccccc5)c4)cc3)N=C(c3ccccc3)N2)cc1. The fourth-order valence-electron chi connectivity index (χ4n) is 6.42. The highest BCUT2D eigenvalue weighted by Crippen LogP contribution is 2.38. The number of nitrogens with zero attached hydrogens (tertiary/aromatic N) is 3. The monoisotopic (exact) mass is 642 g/mol. The van der Waals surface area contributed by atoms with Crippen LogP contribution in [0.1, 0.15) is 45.1 Å². The van der Waals surface area contributed by atoms with Crippen LogP contribution in [-0.4, -0.2) is 16.7 Å². The molecule has 1 aliphatic rings.